The van der Waals surface area contributed by atoms with Gasteiger partial charge in [-0.25, -0.2) is 0 Å². The van der Waals surface area contributed by atoms with Crippen molar-refractivity contribution in [3.8, 4) is 11.8 Å². The van der Waals surface area contributed by atoms with Crippen molar-refractivity contribution in [2.24, 2.45) is 0 Å². The number of amides is 1. The van der Waals surface area contributed by atoms with Crippen molar-refractivity contribution in [3.05, 3.63) is 64.1 Å². The monoisotopic (exact) mass is 430 g/mol. The molecule has 2 aromatic rings. The number of carbonyl (C=O) groups excluding carboxylic acids is 1. The molecule has 2 rings (SSSR count). The van der Waals surface area contributed by atoms with E-state index < -0.39 is 0 Å². The van der Waals surface area contributed by atoms with Crippen LogP contribution in [-0.2, 0) is 11.2 Å². The van der Waals surface area contributed by atoms with E-state index in [2.05, 4.69) is 22.0 Å². The summed E-state index contributed by atoms with van der Waals surface area (Å²) in [6, 6.07) is 17.4. The zero-order valence-corrected chi connectivity index (χ0v) is 16.9. The van der Waals surface area contributed by atoms with Gasteiger partial charge in [-0.15, -0.1) is 0 Å². The Labute approximate surface area is 168 Å². The smallest absolute Gasteiger partial charge is 0.253 e. The van der Waals surface area contributed by atoms with Crippen molar-refractivity contribution in [3.63, 3.8) is 0 Å². The third kappa shape index (κ3) is 6.70. The zero-order valence-electron chi connectivity index (χ0n) is 15.4. The Morgan fingerprint density at radius 1 is 1.15 bits per heavy atom. The van der Waals surface area contributed by atoms with Crippen molar-refractivity contribution < 1.29 is 14.3 Å². The van der Waals surface area contributed by atoms with Gasteiger partial charge in [0, 0.05) is 25.8 Å². The Morgan fingerprint density at radius 3 is 2.59 bits per heavy atom. The lowest BCUT2D eigenvalue weighted by molar-refractivity contribution is 0.0760. The second-order valence-electron chi connectivity index (χ2n) is 5.92. The zero-order chi connectivity index (χ0) is 19.5. The molecule has 0 saturated carbocycles. The maximum Gasteiger partial charge on any atom is 0.253 e. The molecule has 27 heavy (non-hydrogen) atoms. The summed E-state index contributed by atoms with van der Waals surface area (Å²) in [4.78, 5) is 14.7. The summed E-state index contributed by atoms with van der Waals surface area (Å²) in [7, 11) is 1.62. The predicted molar refractivity (Wildman–Crippen MR) is 108 cm³/mol. The average molecular weight is 431 g/mol. The largest absolute Gasteiger partial charge is 0.490 e. The van der Waals surface area contributed by atoms with E-state index in [1.54, 1.807) is 30.2 Å². The lowest BCUT2D eigenvalue weighted by atomic mass is 10.1. The summed E-state index contributed by atoms with van der Waals surface area (Å²) >= 11 is 3.46. The summed E-state index contributed by atoms with van der Waals surface area (Å²) in [5.74, 6) is 0.571. The van der Waals surface area contributed by atoms with Gasteiger partial charge in [0.2, 0.25) is 0 Å². The van der Waals surface area contributed by atoms with Crippen LogP contribution in [0.4, 0.5) is 0 Å². The quantitative estimate of drug-likeness (QED) is 0.532. The van der Waals surface area contributed by atoms with Crippen molar-refractivity contribution in [2.75, 3.05) is 33.4 Å². The van der Waals surface area contributed by atoms with Crippen LogP contribution in [0.3, 0.4) is 0 Å². The lowest BCUT2D eigenvalue weighted by Gasteiger charge is -2.22. The minimum atomic E-state index is -0.0923. The molecule has 0 bridgehead atoms. The molecule has 0 unspecified atom stereocenters. The topological polar surface area (TPSA) is 62.6 Å². The van der Waals surface area contributed by atoms with E-state index in [0.717, 1.165) is 12.0 Å². The fourth-order valence-corrected chi connectivity index (χ4v) is 3.07. The highest BCUT2D eigenvalue weighted by atomic mass is 79.9. The summed E-state index contributed by atoms with van der Waals surface area (Å²) < 4.78 is 11.3. The maximum atomic E-state index is 12.9. The Morgan fingerprint density at radius 2 is 1.93 bits per heavy atom. The molecule has 0 aliphatic heterocycles. The summed E-state index contributed by atoms with van der Waals surface area (Å²) in [6.07, 6.45) is 1.05. The molecule has 6 heteroatoms. The average Bonchev–Trinajstić information content (AvgIpc) is 2.69. The number of halogens is 1. The van der Waals surface area contributed by atoms with Crippen molar-refractivity contribution in [1.82, 2.24) is 4.90 Å². The van der Waals surface area contributed by atoms with E-state index in [1.165, 1.54) is 0 Å². The molecule has 0 fully saturated rings. The number of hydrogen-bond donors (Lipinski definition) is 0. The van der Waals surface area contributed by atoms with Gasteiger partial charge in [-0.05, 0) is 46.1 Å². The Balaban J connectivity index is 2.07. The van der Waals surface area contributed by atoms with Crippen LogP contribution in [0.15, 0.2) is 53.0 Å². The normalized spacial score (nSPS) is 10.3. The van der Waals surface area contributed by atoms with E-state index in [0.29, 0.717) is 48.5 Å². The first-order valence-electron chi connectivity index (χ1n) is 8.77. The van der Waals surface area contributed by atoms with Crippen molar-refractivity contribution >= 4 is 21.8 Å². The second kappa shape index (κ2) is 11.4. The Hall–Kier alpha value is -2.36. The third-order valence-corrected chi connectivity index (χ3v) is 4.64. The first-order valence-corrected chi connectivity index (χ1v) is 9.56. The first kappa shape index (κ1) is 20.9. The van der Waals surface area contributed by atoms with Gasteiger partial charge in [-0.1, -0.05) is 30.3 Å². The number of nitriles is 1. The molecular weight excluding hydrogens is 408 g/mol. The molecule has 0 radical (unpaired) electrons. The van der Waals surface area contributed by atoms with E-state index >= 15 is 0 Å². The van der Waals surface area contributed by atoms with Gasteiger partial charge in [0.15, 0.2) is 0 Å². The van der Waals surface area contributed by atoms with Gasteiger partial charge in [0.05, 0.1) is 23.6 Å². The molecule has 0 atom stereocenters. The molecule has 142 valence electrons. The molecule has 0 spiro atoms. The van der Waals surface area contributed by atoms with Gasteiger partial charge in [0.1, 0.15) is 12.4 Å². The Kier molecular flexibility index (Phi) is 8.82. The highest BCUT2D eigenvalue weighted by Gasteiger charge is 2.17. The van der Waals surface area contributed by atoms with Gasteiger partial charge < -0.3 is 14.4 Å². The van der Waals surface area contributed by atoms with Crippen LogP contribution in [0.25, 0.3) is 0 Å². The fourth-order valence-electron chi connectivity index (χ4n) is 2.58. The van der Waals surface area contributed by atoms with Crippen LogP contribution in [0.1, 0.15) is 22.3 Å². The lowest BCUT2D eigenvalue weighted by Crippen LogP contribution is -2.33. The highest BCUT2D eigenvalue weighted by molar-refractivity contribution is 9.10. The van der Waals surface area contributed by atoms with E-state index in [9.17, 15) is 4.79 Å². The molecule has 0 aromatic heterocycles. The van der Waals surface area contributed by atoms with Crippen molar-refractivity contribution in [1.29, 1.82) is 5.26 Å². The van der Waals surface area contributed by atoms with E-state index in [4.69, 9.17) is 14.7 Å². The molecule has 0 aliphatic carbocycles. The molecule has 0 aliphatic rings. The standard InChI is InChI=1S/C21H23BrN2O3/c1-26-14-15-27-20-9-8-18(16-19(20)22)21(25)24(12-5-11-23)13-10-17-6-3-2-4-7-17/h2-4,6-9,16H,5,10,12-15H2,1H3. The van der Waals surface area contributed by atoms with Gasteiger partial charge >= 0.3 is 0 Å². The van der Waals surface area contributed by atoms with Gasteiger partial charge in [-0.3, -0.25) is 4.79 Å². The fraction of sp³-hybridized carbons (Fsp3) is 0.333. The van der Waals surface area contributed by atoms with Gasteiger partial charge in [-0.2, -0.15) is 5.26 Å². The number of methoxy groups -OCH3 is 1. The summed E-state index contributed by atoms with van der Waals surface area (Å²) in [6.45, 7) is 1.91. The van der Waals surface area contributed by atoms with Crippen LogP contribution < -0.4 is 4.74 Å². The number of nitrogens with zero attached hydrogens (tertiary/aromatic N) is 2. The molecule has 0 heterocycles. The number of benzene rings is 2. The minimum absolute atomic E-state index is 0.0923. The summed E-state index contributed by atoms with van der Waals surface area (Å²) in [5.41, 5.74) is 1.72. The first-order chi connectivity index (χ1) is 13.2. The minimum Gasteiger partial charge on any atom is -0.490 e. The molecule has 0 N–H and O–H groups in total. The van der Waals surface area contributed by atoms with Gasteiger partial charge in [0.25, 0.3) is 5.91 Å². The maximum absolute atomic E-state index is 12.9. The number of ether oxygens (including phenoxy) is 2. The van der Waals surface area contributed by atoms with Crippen LogP contribution in [0, 0.1) is 11.3 Å². The van der Waals surface area contributed by atoms with Crippen LogP contribution in [0.5, 0.6) is 5.75 Å². The summed E-state index contributed by atoms with van der Waals surface area (Å²) in [5, 5.41) is 8.91. The molecule has 0 saturated heterocycles. The molecule has 2 aromatic carbocycles. The molecule has 5 nitrogen and oxygen atoms in total. The van der Waals surface area contributed by atoms with Crippen LogP contribution in [-0.4, -0.2) is 44.2 Å². The third-order valence-electron chi connectivity index (χ3n) is 4.02. The predicted octanol–water partition coefficient (Wildman–Crippen LogP) is 4.07. The van der Waals surface area contributed by atoms with E-state index in [1.807, 2.05) is 30.3 Å². The SMILES string of the molecule is COCCOc1ccc(C(=O)N(CCC#N)CCc2ccccc2)cc1Br. The van der Waals surface area contributed by atoms with E-state index in [-0.39, 0.29) is 5.91 Å². The van der Waals surface area contributed by atoms with Crippen LogP contribution in [0.2, 0.25) is 0 Å². The van der Waals surface area contributed by atoms with Crippen LogP contribution >= 0.6 is 15.9 Å². The number of rotatable bonds is 10. The molecular formula is C21H23BrN2O3. The molecule has 1 amide bonds. The number of hydrogen-bond acceptors (Lipinski definition) is 4. The highest BCUT2D eigenvalue weighted by Crippen LogP contribution is 2.26. The second-order valence-corrected chi connectivity index (χ2v) is 6.78. The number of carbonyl (C=O) groups is 1. The Bertz CT molecular complexity index is 775. The van der Waals surface area contributed by atoms with Crippen molar-refractivity contribution in [2.45, 2.75) is 12.8 Å².